The van der Waals surface area contributed by atoms with E-state index in [1.54, 1.807) is 12.1 Å². The smallest absolute Gasteiger partial charge is 0.251 e. The first kappa shape index (κ1) is 23.3. The Morgan fingerprint density at radius 1 is 1.13 bits per heavy atom. The highest BCUT2D eigenvalue weighted by molar-refractivity contribution is 7.92. The monoisotopic (exact) mass is 443 g/mol. The van der Waals surface area contributed by atoms with Gasteiger partial charge in [0, 0.05) is 24.7 Å². The molecule has 6 nitrogen and oxygen atoms in total. The van der Waals surface area contributed by atoms with Crippen LogP contribution in [0.2, 0.25) is 0 Å². The van der Waals surface area contributed by atoms with Gasteiger partial charge in [-0.3, -0.25) is 14.0 Å². The number of likely N-dealkylation sites (N-methyl/N-ethyl adjacent to an activating group) is 1. The summed E-state index contributed by atoms with van der Waals surface area (Å²) in [7, 11) is -3.31. The van der Waals surface area contributed by atoms with Crippen LogP contribution in [0.15, 0.2) is 48.5 Å². The van der Waals surface area contributed by atoms with E-state index >= 15 is 0 Å². The SMILES string of the molecule is CCN(CC)C(CNC(=O)c1ccc2c(c1)CCCN2S(C)(=O)=O)Cc1ccccc1. The summed E-state index contributed by atoms with van der Waals surface area (Å²) in [5.41, 5.74) is 3.43. The van der Waals surface area contributed by atoms with E-state index < -0.39 is 10.0 Å². The number of aryl methyl sites for hydroxylation is 1. The molecule has 1 amide bonds. The lowest BCUT2D eigenvalue weighted by atomic mass is 10.00. The molecule has 0 aromatic heterocycles. The van der Waals surface area contributed by atoms with Gasteiger partial charge in [0.15, 0.2) is 0 Å². The van der Waals surface area contributed by atoms with Crippen molar-refractivity contribution in [2.24, 2.45) is 0 Å². The van der Waals surface area contributed by atoms with Gasteiger partial charge in [0.2, 0.25) is 10.0 Å². The molecule has 3 rings (SSSR count). The Kier molecular flexibility index (Phi) is 7.73. The molecule has 1 aliphatic rings. The minimum atomic E-state index is -3.31. The van der Waals surface area contributed by atoms with Gasteiger partial charge in [0.1, 0.15) is 0 Å². The molecule has 31 heavy (non-hydrogen) atoms. The average Bonchev–Trinajstić information content (AvgIpc) is 2.77. The number of nitrogens with one attached hydrogen (secondary N) is 1. The normalized spacial score (nSPS) is 14.9. The fourth-order valence-electron chi connectivity index (χ4n) is 4.32. The first-order valence-electron chi connectivity index (χ1n) is 11.0. The van der Waals surface area contributed by atoms with Crippen molar-refractivity contribution in [3.8, 4) is 0 Å². The second-order valence-electron chi connectivity index (χ2n) is 8.06. The number of amides is 1. The number of hydrogen-bond donors (Lipinski definition) is 1. The molecule has 0 aliphatic carbocycles. The molecule has 1 atom stereocenters. The van der Waals surface area contributed by atoms with Crippen molar-refractivity contribution < 1.29 is 13.2 Å². The highest BCUT2D eigenvalue weighted by atomic mass is 32.2. The van der Waals surface area contributed by atoms with Crippen molar-refractivity contribution in [1.29, 1.82) is 0 Å². The zero-order valence-electron chi connectivity index (χ0n) is 18.7. The maximum atomic E-state index is 12.9. The number of hydrogen-bond acceptors (Lipinski definition) is 4. The zero-order valence-corrected chi connectivity index (χ0v) is 19.5. The molecule has 2 aromatic carbocycles. The van der Waals surface area contributed by atoms with Gasteiger partial charge in [-0.2, -0.15) is 0 Å². The fourth-order valence-corrected chi connectivity index (χ4v) is 5.31. The first-order chi connectivity index (χ1) is 14.8. The Hall–Kier alpha value is -2.38. The number of rotatable bonds is 9. The van der Waals surface area contributed by atoms with Gasteiger partial charge >= 0.3 is 0 Å². The number of benzene rings is 2. The van der Waals surface area contributed by atoms with E-state index in [1.807, 2.05) is 24.3 Å². The molecule has 0 radical (unpaired) electrons. The summed E-state index contributed by atoms with van der Waals surface area (Å²) >= 11 is 0. The van der Waals surface area contributed by atoms with Crippen LogP contribution in [-0.4, -0.2) is 57.7 Å². The summed E-state index contributed by atoms with van der Waals surface area (Å²) in [4.78, 5) is 15.3. The lowest BCUT2D eigenvalue weighted by Crippen LogP contribution is -2.45. The lowest BCUT2D eigenvalue weighted by Gasteiger charge is -2.30. The lowest BCUT2D eigenvalue weighted by molar-refractivity contribution is 0.0934. The Morgan fingerprint density at radius 3 is 2.48 bits per heavy atom. The average molecular weight is 444 g/mol. The van der Waals surface area contributed by atoms with Crippen molar-refractivity contribution >= 4 is 21.6 Å². The summed E-state index contributed by atoms with van der Waals surface area (Å²) in [6, 6.07) is 15.9. The summed E-state index contributed by atoms with van der Waals surface area (Å²) < 4.78 is 25.6. The third-order valence-electron chi connectivity index (χ3n) is 5.96. The second kappa shape index (κ2) is 10.3. The molecule has 1 unspecified atom stereocenters. The number of nitrogens with zero attached hydrogens (tertiary/aromatic N) is 2. The van der Waals surface area contributed by atoms with Crippen LogP contribution in [0.1, 0.15) is 41.8 Å². The van der Waals surface area contributed by atoms with Crippen LogP contribution in [0, 0.1) is 0 Å². The number of sulfonamides is 1. The minimum absolute atomic E-state index is 0.121. The predicted molar refractivity (Wildman–Crippen MR) is 126 cm³/mol. The standard InChI is InChI=1S/C24H33N3O3S/c1-4-26(5-2)22(16-19-10-7-6-8-11-19)18-25-24(28)21-13-14-23-20(17-21)12-9-15-27(23)31(3,29)30/h6-8,10-11,13-14,17,22H,4-5,9,12,15-16,18H2,1-3H3,(H,25,28). The maximum absolute atomic E-state index is 12.9. The summed E-state index contributed by atoms with van der Waals surface area (Å²) in [5.74, 6) is -0.121. The molecule has 0 saturated carbocycles. The number of carbonyl (C=O) groups is 1. The zero-order chi connectivity index (χ0) is 22.4. The van der Waals surface area contributed by atoms with Gasteiger partial charge in [-0.05, 0) is 61.7 Å². The fraction of sp³-hybridized carbons (Fsp3) is 0.458. The molecule has 1 N–H and O–H groups in total. The van der Waals surface area contributed by atoms with E-state index in [0.717, 1.165) is 37.9 Å². The summed E-state index contributed by atoms with van der Waals surface area (Å²) in [5, 5.41) is 3.10. The molecule has 2 aromatic rings. The van der Waals surface area contributed by atoms with E-state index in [-0.39, 0.29) is 11.9 Å². The molecular weight excluding hydrogens is 410 g/mol. The maximum Gasteiger partial charge on any atom is 0.251 e. The molecule has 1 heterocycles. The van der Waals surface area contributed by atoms with Crippen molar-refractivity contribution in [2.45, 2.75) is 39.2 Å². The Morgan fingerprint density at radius 2 is 1.84 bits per heavy atom. The van der Waals surface area contributed by atoms with Gasteiger partial charge < -0.3 is 5.32 Å². The van der Waals surface area contributed by atoms with Crippen LogP contribution in [-0.2, 0) is 22.9 Å². The summed E-state index contributed by atoms with van der Waals surface area (Å²) in [6.07, 6.45) is 3.63. The van der Waals surface area contributed by atoms with Crippen LogP contribution < -0.4 is 9.62 Å². The van der Waals surface area contributed by atoms with Crippen molar-refractivity contribution in [3.05, 3.63) is 65.2 Å². The minimum Gasteiger partial charge on any atom is -0.350 e. The molecule has 0 fully saturated rings. The van der Waals surface area contributed by atoms with Crippen molar-refractivity contribution in [2.75, 3.05) is 36.7 Å². The van der Waals surface area contributed by atoms with Gasteiger partial charge in [0.05, 0.1) is 11.9 Å². The molecule has 168 valence electrons. The molecular formula is C24H33N3O3S. The molecule has 0 saturated heterocycles. The second-order valence-corrected chi connectivity index (χ2v) is 9.96. The number of carbonyl (C=O) groups excluding carboxylic acids is 1. The third-order valence-corrected chi connectivity index (χ3v) is 7.14. The largest absolute Gasteiger partial charge is 0.350 e. The van der Waals surface area contributed by atoms with E-state index in [9.17, 15) is 13.2 Å². The third kappa shape index (κ3) is 5.86. The topological polar surface area (TPSA) is 69.7 Å². The quantitative estimate of drug-likeness (QED) is 0.647. The molecule has 1 aliphatic heterocycles. The Bertz CT molecular complexity index is 988. The van der Waals surface area contributed by atoms with Crippen LogP contribution in [0.3, 0.4) is 0 Å². The predicted octanol–water partition coefficient (Wildman–Crippen LogP) is 3.08. The Labute approximate surface area is 186 Å². The van der Waals surface area contributed by atoms with Crippen molar-refractivity contribution in [3.63, 3.8) is 0 Å². The van der Waals surface area contributed by atoms with Gasteiger partial charge in [-0.25, -0.2) is 8.42 Å². The highest BCUT2D eigenvalue weighted by Crippen LogP contribution is 2.29. The van der Waals surface area contributed by atoms with Gasteiger partial charge in [0.25, 0.3) is 5.91 Å². The van der Waals surface area contributed by atoms with Gasteiger partial charge in [-0.1, -0.05) is 44.2 Å². The molecule has 7 heteroatoms. The summed E-state index contributed by atoms with van der Waals surface area (Å²) in [6.45, 7) is 7.17. The van der Waals surface area contributed by atoms with E-state index in [1.165, 1.54) is 16.1 Å². The van der Waals surface area contributed by atoms with E-state index in [2.05, 4.69) is 36.2 Å². The molecule has 0 spiro atoms. The highest BCUT2D eigenvalue weighted by Gasteiger charge is 2.25. The van der Waals surface area contributed by atoms with Crippen molar-refractivity contribution in [1.82, 2.24) is 10.2 Å². The first-order valence-corrected chi connectivity index (χ1v) is 12.8. The van der Waals surface area contributed by atoms with E-state index in [4.69, 9.17) is 0 Å². The van der Waals surface area contributed by atoms with Crippen LogP contribution in [0.4, 0.5) is 5.69 Å². The van der Waals surface area contributed by atoms with Crippen LogP contribution in [0.5, 0.6) is 0 Å². The number of anilines is 1. The van der Waals surface area contributed by atoms with E-state index in [0.29, 0.717) is 24.3 Å². The molecule has 0 bridgehead atoms. The van der Waals surface area contributed by atoms with Crippen LogP contribution >= 0.6 is 0 Å². The van der Waals surface area contributed by atoms with Crippen LogP contribution in [0.25, 0.3) is 0 Å². The number of fused-ring (bicyclic) bond motifs is 1. The van der Waals surface area contributed by atoms with Gasteiger partial charge in [-0.15, -0.1) is 0 Å². The Balaban J connectivity index is 1.72.